The first-order valence-corrected chi connectivity index (χ1v) is 10.2. The lowest BCUT2D eigenvalue weighted by molar-refractivity contribution is -0.108. The second-order valence-corrected chi connectivity index (χ2v) is 7.74. The van der Waals surface area contributed by atoms with Gasteiger partial charge in [-0.3, -0.25) is 0 Å². The maximum Gasteiger partial charge on any atom is 0.126 e. The quantitative estimate of drug-likeness (QED) is 0.481. The van der Waals surface area contributed by atoms with E-state index in [-0.39, 0.29) is 5.92 Å². The highest BCUT2D eigenvalue weighted by atomic mass is 16.5. The van der Waals surface area contributed by atoms with Crippen LogP contribution in [0.5, 0.6) is 17.2 Å². The number of methoxy groups -OCH3 is 1. The van der Waals surface area contributed by atoms with Crippen LogP contribution >= 0.6 is 0 Å². The van der Waals surface area contributed by atoms with Crippen LogP contribution in [0, 0.1) is 13.8 Å². The van der Waals surface area contributed by atoms with Crippen molar-refractivity contribution in [3.63, 3.8) is 0 Å². The smallest absolute Gasteiger partial charge is 0.126 e. The third kappa shape index (κ3) is 4.04. The van der Waals surface area contributed by atoms with Crippen LogP contribution in [0.3, 0.4) is 0 Å². The number of rotatable bonds is 7. The highest BCUT2D eigenvalue weighted by Crippen LogP contribution is 2.38. The normalized spacial score (nSPS) is 14.7. The van der Waals surface area contributed by atoms with Gasteiger partial charge in [0.15, 0.2) is 0 Å². The number of hydrogen-bond donors (Lipinski definition) is 0. The molecule has 1 unspecified atom stereocenters. The lowest BCUT2D eigenvalue weighted by Crippen LogP contribution is -2.00. The summed E-state index contributed by atoms with van der Waals surface area (Å²) in [5.41, 5.74) is 6.95. The summed E-state index contributed by atoms with van der Waals surface area (Å²) in [6, 6.07) is 18.4. The van der Waals surface area contributed by atoms with E-state index in [1.807, 2.05) is 18.2 Å². The van der Waals surface area contributed by atoms with E-state index in [1.54, 1.807) is 7.11 Å². The maximum atomic E-state index is 10.8. The van der Waals surface area contributed by atoms with E-state index in [9.17, 15) is 4.79 Å². The summed E-state index contributed by atoms with van der Waals surface area (Å²) >= 11 is 0. The van der Waals surface area contributed by atoms with Gasteiger partial charge >= 0.3 is 0 Å². The molecule has 3 aromatic carbocycles. The highest BCUT2D eigenvalue weighted by Gasteiger charge is 2.24. The Morgan fingerprint density at radius 3 is 2.57 bits per heavy atom. The van der Waals surface area contributed by atoms with Crippen molar-refractivity contribution >= 4 is 6.29 Å². The molecule has 30 heavy (non-hydrogen) atoms. The largest absolute Gasteiger partial charge is 0.497 e. The van der Waals surface area contributed by atoms with Crippen molar-refractivity contribution in [2.45, 2.75) is 32.8 Å². The van der Waals surface area contributed by atoms with Crippen LogP contribution in [0.25, 0.3) is 11.1 Å². The van der Waals surface area contributed by atoms with E-state index in [2.05, 4.69) is 50.2 Å². The number of aryl methyl sites for hydroxylation is 2. The highest BCUT2D eigenvalue weighted by molar-refractivity contribution is 5.72. The third-order valence-electron chi connectivity index (χ3n) is 5.61. The molecule has 0 fully saturated rings. The molecule has 0 aromatic heterocycles. The van der Waals surface area contributed by atoms with Gasteiger partial charge in [-0.05, 0) is 65.9 Å². The summed E-state index contributed by atoms with van der Waals surface area (Å²) in [7, 11) is 1.69. The zero-order valence-corrected chi connectivity index (χ0v) is 17.6. The second-order valence-electron chi connectivity index (χ2n) is 7.74. The molecular formula is C26H26O4. The van der Waals surface area contributed by atoms with Crippen LogP contribution in [0.15, 0.2) is 54.6 Å². The summed E-state index contributed by atoms with van der Waals surface area (Å²) < 4.78 is 17.1. The number of carbonyl (C=O) groups excluding carboxylic acids is 1. The van der Waals surface area contributed by atoms with Crippen molar-refractivity contribution in [3.8, 4) is 28.4 Å². The molecule has 4 nitrogen and oxygen atoms in total. The minimum atomic E-state index is 0.152. The van der Waals surface area contributed by atoms with Crippen LogP contribution in [-0.2, 0) is 11.4 Å². The van der Waals surface area contributed by atoms with Gasteiger partial charge in [-0.2, -0.15) is 0 Å². The monoisotopic (exact) mass is 402 g/mol. The minimum Gasteiger partial charge on any atom is -0.497 e. The van der Waals surface area contributed by atoms with Crippen LogP contribution in [0.1, 0.15) is 34.6 Å². The van der Waals surface area contributed by atoms with E-state index in [0.29, 0.717) is 19.6 Å². The molecule has 0 amide bonds. The first-order valence-electron chi connectivity index (χ1n) is 10.2. The van der Waals surface area contributed by atoms with Crippen molar-refractivity contribution in [1.29, 1.82) is 0 Å². The fourth-order valence-electron chi connectivity index (χ4n) is 4.14. The van der Waals surface area contributed by atoms with E-state index < -0.39 is 0 Å². The van der Waals surface area contributed by atoms with Gasteiger partial charge in [0.25, 0.3) is 0 Å². The molecule has 0 saturated heterocycles. The van der Waals surface area contributed by atoms with Crippen molar-refractivity contribution in [2.24, 2.45) is 0 Å². The van der Waals surface area contributed by atoms with Gasteiger partial charge < -0.3 is 19.0 Å². The molecule has 1 aliphatic rings. The Morgan fingerprint density at radius 2 is 1.83 bits per heavy atom. The number of hydrogen-bond acceptors (Lipinski definition) is 4. The van der Waals surface area contributed by atoms with Crippen molar-refractivity contribution < 1.29 is 19.0 Å². The second kappa shape index (κ2) is 8.62. The standard InChI is InChI=1S/C26H26O4/c1-17-11-23(28-3)12-18(2)26(17)20-6-4-5-19(13-20)15-29-22-7-8-24-21(9-10-27)16-30-25(24)14-22/h4-8,10-14,21H,9,15-16H2,1-3H3. The number of aldehydes is 1. The maximum absolute atomic E-state index is 10.8. The Morgan fingerprint density at radius 1 is 1.03 bits per heavy atom. The van der Waals surface area contributed by atoms with Gasteiger partial charge in [-0.15, -0.1) is 0 Å². The van der Waals surface area contributed by atoms with Crippen LogP contribution in [0.4, 0.5) is 0 Å². The average Bonchev–Trinajstić information content (AvgIpc) is 3.14. The Kier molecular flexibility index (Phi) is 5.75. The minimum absolute atomic E-state index is 0.152. The van der Waals surface area contributed by atoms with Crippen LogP contribution in [0.2, 0.25) is 0 Å². The van der Waals surface area contributed by atoms with Gasteiger partial charge in [0, 0.05) is 24.0 Å². The van der Waals surface area contributed by atoms with Gasteiger partial charge in [0.2, 0.25) is 0 Å². The first kappa shape index (κ1) is 20.0. The van der Waals surface area contributed by atoms with Crippen molar-refractivity contribution in [2.75, 3.05) is 13.7 Å². The van der Waals surface area contributed by atoms with Crippen LogP contribution < -0.4 is 14.2 Å². The van der Waals surface area contributed by atoms with Crippen molar-refractivity contribution in [3.05, 3.63) is 76.9 Å². The predicted molar refractivity (Wildman–Crippen MR) is 118 cm³/mol. The van der Waals surface area contributed by atoms with Gasteiger partial charge in [0.05, 0.1) is 13.7 Å². The molecule has 0 spiro atoms. The molecule has 0 N–H and O–H groups in total. The molecule has 4 rings (SSSR count). The number of fused-ring (bicyclic) bond motifs is 1. The number of carbonyl (C=O) groups is 1. The molecule has 0 saturated carbocycles. The van der Waals surface area contributed by atoms with E-state index in [4.69, 9.17) is 14.2 Å². The Bertz CT molecular complexity index is 1050. The molecule has 4 heteroatoms. The van der Waals surface area contributed by atoms with Gasteiger partial charge in [-0.1, -0.05) is 24.3 Å². The summed E-state index contributed by atoms with van der Waals surface area (Å²) in [4.78, 5) is 10.8. The summed E-state index contributed by atoms with van der Waals surface area (Å²) in [5, 5.41) is 0. The fourth-order valence-corrected chi connectivity index (χ4v) is 4.14. The predicted octanol–water partition coefficient (Wildman–Crippen LogP) is 5.62. The first-order chi connectivity index (χ1) is 14.6. The molecule has 3 aromatic rings. The van der Waals surface area contributed by atoms with Gasteiger partial charge in [-0.25, -0.2) is 0 Å². The molecule has 154 valence electrons. The van der Waals surface area contributed by atoms with Crippen molar-refractivity contribution in [1.82, 2.24) is 0 Å². The summed E-state index contributed by atoms with van der Waals surface area (Å²) in [6.45, 7) is 5.24. The lowest BCUT2D eigenvalue weighted by atomic mass is 9.94. The van der Waals surface area contributed by atoms with Gasteiger partial charge in [0.1, 0.15) is 30.1 Å². The number of ether oxygens (including phenoxy) is 3. The molecule has 0 radical (unpaired) electrons. The molecule has 0 bridgehead atoms. The van der Waals surface area contributed by atoms with E-state index >= 15 is 0 Å². The zero-order valence-electron chi connectivity index (χ0n) is 17.6. The Hall–Kier alpha value is -3.27. The topological polar surface area (TPSA) is 44.8 Å². The molecular weight excluding hydrogens is 376 g/mol. The third-order valence-corrected chi connectivity index (χ3v) is 5.61. The van der Waals surface area contributed by atoms with Crippen LogP contribution in [-0.4, -0.2) is 20.0 Å². The summed E-state index contributed by atoms with van der Waals surface area (Å²) in [5.74, 6) is 2.61. The molecule has 0 aliphatic carbocycles. The number of benzene rings is 3. The molecule has 1 heterocycles. The SMILES string of the molecule is COc1cc(C)c(-c2cccc(COc3ccc4c(c3)OCC4CC=O)c2)c(C)c1. The van der Waals surface area contributed by atoms with E-state index in [1.165, 1.54) is 22.3 Å². The average molecular weight is 402 g/mol. The zero-order chi connectivity index (χ0) is 21.1. The molecule has 1 atom stereocenters. The lowest BCUT2D eigenvalue weighted by Gasteiger charge is -2.14. The van der Waals surface area contributed by atoms with E-state index in [0.717, 1.165) is 34.7 Å². The fraction of sp³-hybridized carbons (Fsp3) is 0.269. The Balaban J connectivity index is 1.51. The molecule has 1 aliphatic heterocycles. The Labute approximate surface area is 177 Å². The summed E-state index contributed by atoms with van der Waals surface area (Å²) in [6.07, 6.45) is 1.44.